The molecule has 1 unspecified atom stereocenters. The number of hydrogen-bond donors (Lipinski definition) is 1. The van der Waals surface area contributed by atoms with E-state index < -0.39 is 23.5 Å². The highest BCUT2D eigenvalue weighted by molar-refractivity contribution is 5.96. The molecule has 1 N–H and O–H groups in total. The first kappa shape index (κ1) is 16.3. The first-order valence-electron chi connectivity index (χ1n) is 7.22. The molecule has 1 aliphatic rings. The Labute approximate surface area is 128 Å². The number of rotatable bonds is 4. The lowest BCUT2D eigenvalue weighted by Gasteiger charge is -2.37. The van der Waals surface area contributed by atoms with Crippen molar-refractivity contribution in [3.8, 4) is 5.75 Å². The summed E-state index contributed by atoms with van der Waals surface area (Å²) in [6, 6.07) is 6.86. The standard InChI is InChI=1S/C16H20FNO4/c1-11(15(20)21)14(19)18-8-6-16(17,7-9-18)12-4-3-5-13(10-12)22-2/h3-5,10-11H,6-9H2,1-2H3,(H,20,21). The van der Waals surface area contributed by atoms with Crippen molar-refractivity contribution in [3.05, 3.63) is 29.8 Å². The van der Waals surface area contributed by atoms with Crippen molar-refractivity contribution in [2.24, 2.45) is 5.92 Å². The fourth-order valence-electron chi connectivity index (χ4n) is 2.65. The van der Waals surface area contributed by atoms with Gasteiger partial charge in [0.25, 0.3) is 0 Å². The maximum atomic E-state index is 15.1. The minimum atomic E-state index is -1.52. The molecule has 1 aliphatic heterocycles. The first-order chi connectivity index (χ1) is 10.4. The maximum absolute atomic E-state index is 15.1. The molecule has 5 nitrogen and oxygen atoms in total. The number of amides is 1. The number of carboxylic acids is 1. The third-order valence-electron chi connectivity index (χ3n) is 4.20. The summed E-state index contributed by atoms with van der Waals surface area (Å²) >= 11 is 0. The van der Waals surface area contributed by atoms with Gasteiger partial charge in [-0.3, -0.25) is 9.59 Å². The summed E-state index contributed by atoms with van der Waals surface area (Å²) in [7, 11) is 1.53. The summed E-state index contributed by atoms with van der Waals surface area (Å²) in [4.78, 5) is 24.3. The van der Waals surface area contributed by atoms with Gasteiger partial charge in [0.1, 0.15) is 17.3 Å². The van der Waals surface area contributed by atoms with Crippen LogP contribution in [0.1, 0.15) is 25.3 Å². The van der Waals surface area contributed by atoms with Crippen LogP contribution in [0.3, 0.4) is 0 Å². The van der Waals surface area contributed by atoms with E-state index in [1.165, 1.54) is 18.9 Å². The third kappa shape index (κ3) is 3.21. The number of alkyl halides is 1. The number of likely N-dealkylation sites (tertiary alicyclic amines) is 1. The Bertz CT molecular complexity index is 567. The molecule has 1 fully saturated rings. The Morgan fingerprint density at radius 3 is 2.55 bits per heavy atom. The fourth-order valence-corrected chi connectivity index (χ4v) is 2.65. The van der Waals surface area contributed by atoms with Crippen molar-refractivity contribution in [1.82, 2.24) is 4.90 Å². The van der Waals surface area contributed by atoms with Gasteiger partial charge in [0, 0.05) is 25.9 Å². The van der Waals surface area contributed by atoms with Crippen molar-refractivity contribution in [2.45, 2.75) is 25.4 Å². The fraction of sp³-hybridized carbons (Fsp3) is 0.500. The predicted molar refractivity (Wildman–Crippen MR) is 78.4 cm³/mol. The molecular formula is C16H20FNO4. The van der Waals surface area contributed by atoms with Crippen LogP contribution in [0.5, 0.6) is 5.75 Å². The molecule has 1 atom stereocenters. The van der Waals surface area contributed by atoms with Gasteiger partial charge < -0.3 is 14.7 Å². The Morgan fingerprint density at radius 2 is 2.00 bits per heavy atom. The monoisotopic (exact) mass is 309 g/mol. The molecule has 0 radical (unpaired) electrons. The summed E-state index contributed by atoms with van der Waals surface area (Å²) in [6.45, 7) is 1.78. The van der Waals surface area contributed by atoms with Crippen LogP contribution in [0, 0.1) is 5.92 Å². The van der Waals surface area contributed by atoms with Crippen LogP contribution < -0.4 is 4.74 Å². The maximum Gasteiger partial charge on any atom is 0.315 e. The van der Waals surface area contributed by atoms with Crippen LogP contribution in [-0.2, 0) is 15.3 Å². The first-order valence-corrected chi connectivity index (χ1v) is 7.22. The topological polar surface area (TPSA) is 66.8 Å². The molecule has 2 rings (SSSR count). The largest absolute Gasteiger partial charge is 0.497 e. The third-order valence-corrected chi connectivity index (χ3v) is 4.20. The summed E-state index contributed by atoms with van der Waals surface area (Å²) in [6.07, 6.45) is 0.302. The second kappa shape index (κ2) is 6.34. The molecule has 0 aliphatic carbocycles. The number of carboxylic acid groups (broad SMARTS) is 1. The molecule has 1 saturated heterocycles. The minimum Gasteiger partial charge on any atom is -0.497 e. The number of aliphatic carboxylic acids is 1. The van der Waals surface area contributed by atoms with E-state index in [1.54, 1.807) is 24.3 Å². The lowest BCUT2D eigenvalue weighted by molar-refractivity contribution is -0.151. The molecule has 1 aromatic rings. The molecule has 22 heavy (non-hydrogen) atoms. The predicted octanol–water partition coefficient (Wildman–Crippen LogP) is 2.20. The van der Waals surface area contributed by atoms with E-state index in [9.17, 15) is 9.59 Å². The number of methoxy groups -OCH3 is 1. The number of benzene rings is 1. The Hall–Kier alpha value is -2.11. The zero-order valence-electron chi connectivity index (χ0n) is 12.7. The van der Waals surface area contributed by atoms with Gasteiger partial charge in [0.2, 0.25) is 5.91 Å². The number of carbonyl (C=O) groups is 2. The Morgan fingerprint density at radius 1 is 1.36 bits per heavy atom. The van der Waals surface area contributed by atoms with E-state index in [1.807, 2.05) is 0 Å². The summed E-state index contributed by atoms with van der Waals surface area (Å²) in [5, 5.41) is 8.89. The molecule has 6 heteroatoms. The van der Waals surface area contributed by atoms with Crippen LogP contribution >= 0.6 is 0 Å². The molecule has 0 saturated carbocycles. The minimum absolute atomic E-state index is 0.151. The summed E-state index contributed by atoms with van der Waals surface area (Å²) < 4.78 is 20.2. The van der Waals surface area contributed by atoms with Crippen LogP contribution in [0.2, 0.25) is 0 Å². The number of halogens is 1. The average molecular weight is 309 g/mol. The molecule has 0 spiro atoms. The smallest absolute Gasteiger partial charge is 0.315 e. The Kier molecular flexibility index (Phi) is 4.68. The van der Waals surface area contributed by atoms with E-state index in [0.717, 1.165) is 0 Å². The molecule has 1 heterocycles. The summed E-state index contributed by atoms with van der Waals surface area (Å²) in [5.41, 5.74) is -0.983. The second-order valence-corrected chi connectivity index (χ2v) is 5.58. The number of carbonyl (C=O) groups excluding carboxylic acids is 1. The van der Waals surface area contributed by atoms with Crippen LogP contribution in [0.25, 0.3) is 0 Å². The van der Waals surface area contributed by atoms with Gasteiger partial charge in [-0.1, -0.05) is 12.1 Å². The SMILES string of the molecule is COc1cccc(C2(F)CCN(C(=O)C(C)C(=O)O)CC2)c1. The van der Waals surface area contributed by atoms with Crippen LogP contribution in [0.15, 0.2) is 24.3 Å². The lowest BCUT2D eigenvalue weighted by atomic mass is 9.85. The second-order valence-electron chi connectivity index (χ2n) is 5.58. The lowest BCUT2D eigenvalue weighted by Crippen LogP contribution is -2.46. The van der Waals surface area contributed by atoms with Gasteiger partial charge in [-0.25, -0.2) is 4.39 Å². The van der Waals surface area contributed by atoms with Crippen molar-refractivity contribution < 1.29 is 23.8 Å². The molecule has 120 valence electrons. The van der Waals surface area contributed by atoms with Gasteiger partial charge in [-0.15, -0.1) is 0 Å². The zero-order chi connectivity index (χ0) is 16.3. The quantitative estimate of drug-likeness (QED) is 0.866. The van der Waals surface area contributed by atoms with Gasteiger partial charge >= 0.3 is 5.97 Å². The molecule has 1 aromatic carbocycles. The van der Waals surface area contributed by atoms with Crippen molar-refractivity contribution in [3.63, 3.8) is 0 Å². The number of hydrogen-bond acceptors (Lipinski definition) is 3. The number of nitrogens with zero attached hydrogens (tertiary/aromatic N) is 1. The number of ether oxygens (including phenoxy) is 1. The van der Waals surface area contributed by atoms with E-state index in [-0.39, 0.29) is 25.9 Å². The summed E-state index contributed by atoms with van der Waals surface area (Å²) in [5.74, 6) is -2.12. The van der Waals surface area contributed by atoms with Crippen molar-refractivity contribution in [1.29, 1.82) is 0 Å². The van der Waals surface area contributed by atoms with E-state index in [2.05, 4.69) is 0 Å². The highest BCUT2D eigenvalue weighted by Crippen LogP contribution is 2.38. The molecule has 1 amide bonds. The van der Waals surface area contributed by atoms with E-state index >= 15 is 4.39 Å². The molecule has 0 bridgehead atoms. The Balaban J connectivity index is 2.07. The van der Waals surface area contributed by atoms with E-state index in [0.29, 0.717) is 11.3 Å². The van der Waals surface area contributed by atoms with Gasteiger partial charge in [0.05, 0.1) is 7.11 Å². The van der Waals surface area contributed by atoms with Crippen molar-refractivity contribution >= 4 is 11.9 Å². The van der Waals surface area contributed by atoms with Crippen LogP contribution in [0.4, 0.5) is 4.39 Å². The highest BCUT2D eigenvalue weighted by Gasteiger charge is 2.39. The molecular weight excluding hydrogens is 289 g/mol. The average Bonchev–Trinajstić information content (AvgIpc) is 2.54. The normalized spacial score (nSPS) is 18.6. The van der Waals surface area contributed by atoms with Gasteiger partial charge in [-0.05, 0) is 24.6 Å². The number of piperidine rings is 1. The highest BCUT2D eigenvalue weighted by atomic mass is 19.1. The van der Waals surface area contributed by atoms with E-state index in [4.69, 9.17) is 9.84 Å². The van der Waals surface area contributed by atoms with Crippen LogP contribution in [-0.4, -0.2) is 42.1 Å². The van der Waals surface area contributed by atoms with Gasteiger partial charge in [0.15, 0.2) is 0 Å². The van der Waals surface area contributed by atoms with Gasteiger partial charge in [-0.2, -0.15) is 0 Å². The molecule has 0 aromatic heterocycles. The zero-order valence-corrected chi connectivity index (χ0v) is 12.7. The van der Waals surface area contributed by atoms with Crippen molar-refractivity contribution in [2.75, 3.05) is 20.2 Å².